The number of hydrazone groups is 1. The number of hydrogen-bond acceptors (Lipinski definition) is 7. The third-order valence-corrected chi connectivity index (χ3v) is 7.87. The minimum absolute atomic E-state index is 0.231. The van der Waals surface area contributed by atoms with Crippen molar-refractivity contribution in [2.24, 2.45) is 15.4 Å². The van der Waals surface area contributed by atoms with Crippen molar-refractivity contribution in [1.82, 2.24) is 10.0 Å². The minimum Gasteiger partial charge on any atom is -0.271 e. The Balaban J connectivity index is 1.27. The number of fused-ring (bicyclic) bond motifs is 1. The molecule has 3 amide bonds. The molecular weight excluding hydrogens is 560 g/mol. The van der Waals surface area contributed by atoms with Crippen LogP contribution in [0.5, 0.6) is 0 Å². The second kappa shape index (κ2) is 9.85. The molecule has 6 rings (SSSR count). The van der Waals surface area contributed by atoms with Crippen LogP contribution in [0.3, 0.4) is 0 Å². The fourth-order valence-electron chi connectivity index (χ4n) is 5.44. The number of amides is 3. The molecule has 9 nitrogen and oxygen atoms in total. The maximum Gasteiger partial charge on any atom is 0.264 e. The molecule has 0 unspecified atom stereocenters. The number of nitrogens with zero attached hydrogens (tertiary/aromatic N) is 6. The van der Waals surface area contributed by atoms with Gasteiger partial charge in [-0.3, -0.25) is 19.4 Å². The molecule has 0 aromatic heterocycles. The van der Waals surface area contributed by atoms with Crippen molar-refractivity contribution in [2.45, 2.75) is 38.4 Å². The van der Waals surface area contributed by atoms with Crippen LogP contribution in [0.4, 0.5) is 5.69 Å². The molecule has 0 spiro atoms. The number of rotatable bonds is 5. The smallest absolute Gasteiger partial charge is 0.264 e. The summed E-state index contributed by atoms with van der Waals surface area (Å²) in [5, 5.41) is 15.7. The van der Waals surface area contributed by atoms with E-state index in [4.69, 9.17) is 5.10 Å². The highest BCUT2D eigenvalue weighted by molar-refractivity contribution is 9.10. The average molecular weight is 585 g/mol. The molecule has 39 heavy (non-hydrogen) atoms. The fraction of sp³-hybridized carbons (Fsp3) is 0.241. The van der Waals surface area contributed by atoms with Crippen molar-refractivity contribution in [3.63, 3.8) is 0 Å². The molecule has 0 saturated carbocycles. The first-order chi connectivity index (χ1) is 18.8. The van der Waals surface area contributed by atoms with Crippen LogP contribution < -0.4 is 4.90 Å². The summed E-state index contributed by atoms with van der Waals surface area (Å²) in [6.45, 7) is 3.49. The Hall–Kier alpha value is -4.18. The van der Waals surface area contributed by atoms with E-state index in [1.165, 1.54) is 14.9 Å². The Morgan fingerprint density at radius 1 is 0.923 bits per heavy atom. The largest absolute Gasteiger partial charge is 0.271 e. The average Bonchev–Trinajstić information content (AvgIpc) is 3.62. The van der Waals surface area contributed by atoms with E-state index in [1.807, 2.05) is 86.6 Å². The molecule has 3 heterocycles. The molecule has 0 aliphatic carbocycles. The molecule has 3 aromatic carbocycles. The van der Waals surface area contributed by atoms with E-state index < -0.39 is 23.9 Å². The van der Waals surface area contributed by atoms with Gasteiger partial charge in [0.15, 0.2) is 12.1 Å². The van der Waals surface area contributed by atoms with E-state index in [9.17, 15) is 14.4 Å². The van der Waals surface area contributed by atoms with Crippen molar-refractivity contribution >= 4 is 45.1 Å². The normalized spacial score (nSPS) is 22.1. The summed E-state index contributed by atoms with van der Waals surface area (Å²) in [4.78, 5) is 41.7. The molecule has 1 saturated heterocycles. The zero-order chi connectivity index (χ0) is 27.3. The number of hydrogen-bond donors (Lipinski definition) is 0. The molecule has 0 N–H and O–H groups in total. The lowest BCUT2D eigenvalue weighted by Gasteiger charge is -2.26. The number of anilines is 1. The van der Waals surface area contributed by atoms with E-state index in [1.54, 1.807) is 0 Å². The number of aryl methyl sites for hydroxylation is 2. The highest BCUT2D eigenvalue weighted by atomic mass is 79.9. The zero-order valence-corrected chi connectivity index (χ0v) is 22.9. The van der Waals surface area contributed by atoms with Gasteiger partial charge in [-0.15, -0.1) is 0 Å². The molecule has 3 atom stereocenters. The highest BCUT2D eigenvalue weighted by Gasteiger charge is 2.55. The number of carbonyl (C=O) groups is 3. The van der Waals surface area contributed by atoms with Crippen molar-refractivity contribution in [1.29, 1.82) is 0 Å². The van der Waals surface area contributed by atoms with Gasteiger partial charge >= 0.3 is 0 Å². The Morgan fingerprint density at radius 3 is 2.31 bits per heavy atom. The van der Waals surface area contributed by atoms with Gasteiger partial charge in [0.1, 0.15) is 6.54 Å². The van der Waals surface area contributed by atoms with Gasteiger partial charge in [-0.1, -0.05) is 81.8 Å². The maximum atomic E-state index is 13.7. The third-order valence-electron chi connectivity index (χ3n) is 7.35. The molecular formula is C29H25BrN6O3. The van der Waals surface area contributed by atoms with Crippen molar-refractivity contribution < 1.29 is 14.4 Å². The molecule has 3 aliphatic rings. The number of halogens is 1. The summed E-state index contributed by atoms with van der Waals surface area (Å²) in [6, 6.07) is 20.9. The molecule has 3 aliphatic heterocycles. The molecule has 3 aromatic rings. The first-order valence-corrected chi connectivity index (χ1v) is 13.4. The molecule has 0 bridgehead atoms. The Labute approximate surface area is 233 Å². The summed E-state index contributed by atoms with van der Waals surface area (Å²) >= 11 is 3.46. The van der Waals surface area contributed by atoms with Crippen LogP contribution in [0.25, 0.3) is 0 Å². The van der Waals surface area contributed by atoms with E-state index in [0.717, 1.165) is 32.4 Å². The van der Waals surface area contributed by atoms with E-state index in [0.29, 0.717) is 12.1 Å². The summed E-state index contributed by atoms with van der Waals surface area (Å²) < 4.78 is 0.956. The lowest BCUT2D eigenvalue weighted by Crippen LogP contribution is -2.45. The van der Waals surface area contributed by atoms with Gasteiger partial charge in [-0.25, -0.2) is 9.91 Å². The summed E-state index contributed by atoms with van der Waals surface area (Å²) in [6.07, 6.45) is 0.544. The van der Waals surface area contributed by atoms with E-state index in [2.05, 4.69) is 26.3 Å². The number of para-hydroxylation sites is 1. The third kappa shape index (κ3) is 4.34. The quantitative estimate of drug-likeness (QED) is 0.404. The van der Waals surface area contributed by atoms with Gasteiger partial charge in [-0.2, -0.15) is 10.2 Å². The van der Waals surface area contributed by atoms with Gasteiger partial charge < -0.3 is 0 Å². The summed E-state index contributed by atoms with van der Waals surface area (Å²) in [5.41, 5.74) is 4.87. The molecule has 196 valence electrons. The maximum absolute atomic E-state index is 13.7. The van der Waals surface area contributed by atoms with Crippen LogP contribution in [0.1, 0.15) is 34.7 Å². The van der Waals surface area contributed by atoms with Gasteiger partial charge in [0, 0.05) is 10.9 Å². The van der Waals surface area contributed by atoms with Gasteiger partial charge in [0.05, 0.1) is 17.4 Å². The summed E-state index contributed by atoms with van der Waals surface area (Å²) in [5.74, 6) is -1.19. The van der Waals surface area contributed by atoms with Crippen LogP contribution in [0.2, 0.25) is 0 Å². The van der Waals surface area contributed by atoms with Crippen molar-refractivity contribution in [3.05, 3.63) is 99.5 Å². The minimum atomic E-state index is -0.977. The van der Waals surface area contributed by atoms with Crippen LogP contribution in [-0.4, -0.2) is 52.1 Å². The first-order valence-electron chi connectivity index (χ1n) is 12.7. The first kappa shape index (κ1) is 25.1. The van der Waals surface area contributed by atoms with Crippen molar-refractivity contribution in [2.75, 3.05) is 11.4 Å². The number of benzene rings is 3. The van der Waals surface area contributed by atoms with Gasteiger partial charge in [0.2, 0.25) is 0 Å². The second-order valence-electron chi connectivity index (χ2n) is 9.87. The lowest BCUT2D eigenvalue weighted by molar-refractivity contribution is -0.135. The predicted octanol–water partition coefficient (Wildman–Crippen LogP) is 4.74. The van der Waals surface area contributed by atoms with E-state index in [-0.39, 0.29) is 18.5 Å². The molecule has 10 heteroatoms. The predicted molar refractivity (Wildman–Crippen MR) is 149 cm³/mol. The van der Waals surface area contributed by atoms with E-state index >= 15 is 0 Å². The lowest BCUT2D eigenvalue weighted by atomic mass is 9.98. The monoisotopic (exact) mass is 584 g/mol. The van der Waals surface area contributed by atoms with Crippen LogP contribution in [0, 0.1) is 13.8 Å². The fourth-order valence-corrected chi connectivity index (χ4v) is 5.70. The Kier molecular flexibility index (Phi) is 6.34. The number of imide groups is 1. The molecule has 0 radical (unpaired) electrons. The number of carbonyl (C=O) groups excluding carboxylic acids is 3. The topological polar surface area (TPSA) is 98.0 Å². The standard InChI is InChI=1S/C29H25BrN6O3/c1-17-7-6-8-18(2)26(17)35-28(38)25-27(29(35)39)34(33-31-25)16-24(37)36-23(20-9-4-3-5-10-20)15-22(32-36)19-11-13-21(30)14-12-19/h3-14,23,25,27H,15-16H2,1-2H3/t23-,25+,27-/m0/s1. The van der Waals surface area contributed by atoms with Gasteiger partial charge in [0.25, 0.3) is 17.7 Å². The molecule has 1 fully saturated rings. The highest BCUT2D eigenvalue weighted by Crippen LogP contribution is 2.37. The second-order valence-corrected chi connectivity index (χ2v) is 10.8. The van der Waals surface area contributed by atoms with Crippen LogP contribution in [0.15, 0.2) is 92.7 Å². The zero-order valence-electron chi connectivity index (χ0n) is 21.4. The SMILES string of the molecule is Cc1cccc(C)c1N1C(=O)[C@@H]2[C@@H](N=NN2CC(=O)N2N=C(c3ccc(Br)cc3)C[C@H]2c2ccccc2)C1=O. The van der Waals surface area contributed by atoms with Crippen LogP contribution in [-0.2, 0) is 14.4 Å². The Bertz CT molecular complexity index is 1520. The van der Waals surface area contributed by atoms with Crippen molar-refractivity contribution in [3.8, 4) is 0 Å². The van der Waals surface area contributed by atoms with Gasteiger partial charge in [-0.05, 0) is 48.2 Å². The Morgan fingerprint density at radius 2 is 1.62 bits per heavy atom. The van der Waals surface area contributed by atoms with Crippen LogP contribution >= 0.6 is 15.9 Å². The summed E-state index contributed by atoms with van der Waals surface area (Å²) in [7, 11) is 0.